The van der Waals surface area contributed by atoms with E-state index in [-0.39, 0.29) is 0 Å². The zero-order valence-corrected chi connectivity index (χ0v) is 17.2. The van der Waals surface area contributed by atoms with Gasteiger partial charge in [0, 0.05) is 47.4 Å². The molecule has 1 N–H and O–H groups in total. The lowest BCUT2D eigenvalue weighted by Crippen LogP contribution is -2.41. The second-order valence-electron chi connectivity index (χ2n) is 6.22. The van der Waals surface area contributed by atoms with Gasteiger partial charge in [-0.05, 0) is 36.4 Å². The predicted molar refractivity (Wildman–Crippen MR) is 114 cm³/mol. The molecule has 3 rings (SSSR count). The van der Waals surface area contributed by atoms with Crippen molar-refractivity contribution in [3.8, 4) is 5.75 Å². The average molecular weight is 425 g/mol. The summed E-state index contributed by atoms with van der Waals surface area (Å²) < 4.78 is 11.2. The van der Waals surface area contributed by atoms with Gasteiger partial charge in [-0.1, -0.05) is 41.5 Å². The standard InChI is InChI=1S/C20H22Cl2N2O2S/c21-18-2-1-3-19(22)17(18)14-26-16-6-4-15(5-7-16)20(27)23-8-9-24-10-12-25-13-11-24/h1-7H,8-14H2,(H,23,27). The van der Waals surface area contributed by atoms with Crippen molar-refractivity contribution in [3.63, 3.8) is 0 Å². The summed E-state index contributed by atoms with van der Waals surface area (Å²) in [6, 6.07) is 13.1. The molecular formula is C20H22Cl2N2O2S. The highest BCUT2D eigenvalue weighted by molar-refractivity contribution is 7.80. The Hall–Kier alpha value is -1.37. The zero-order valence-electron chi connectivity index (χ0n) is 14.9. The van der Waals surface area contributed by atoms with Gasteiger partial charge in [-0.3, -0.25) is 4.90 Å². The van der Waals surface area contributed by atoms with Crippen molar-refractivity contribution in [2.75, 3.05) is 39.4 Å². The number of halogens is 2. The first kappa shape index (κ1) is 20.4. The molecule has 1 aliphatic heterocycles. The summed E-state index contributed by atoms with van der Waals surface area (Å²) in [5, 5.41) is 4.52. The van der Waals surface area contributed by atoms with Crippen LogP contribution in [0.15, 0.2) is 42.5 Å². The molecule has 0 unspecified atom stereocenters. The Morgan fingerprint density at radius 2 is 1.74 bits per heavy atom. The minimum absolute atomic E-state index is 0.320. The molecule has 7 heteroatoms. The summed E-state index contributed by atoms with van der Waals surface area (Å²) in [7, 11) is 0. The van der Waals surface area contributed by atoms with Crippen LogP contribution in [-0.2, 0) is 11.3 Å². The fraction of sp³-hybridized carbons (Fsp3) is 0.350. The Labute approximate surface area is 175 Å². The van der Waals surface area contributed by atoms with Gasteiger partial charge in [0.2, 0.25) is 0 Å². The van der Waals surface area contributed by atoms with Gasteiger partial charge < -0.3 is 14.8 Å². The van der Waals surface area contributed by atoms with Crippen molar-refractivity contribution in [2.45, 2.75) is 6.61 Å². The monoisotopic (exact) mass is 424 g/mol. The third kappa shape index (κ3) is 6.06. The lowest BCUT2D eigenvalue weighted by Gasteiger charge is -2.26. The molecule has 2 aromatic carbocycles. The highest BCUT2D eigenvalue weighted by Gasteiger charge is 2.10. The number of hydrogen-bond donors (Lipinski definition) is 1. The first-order valence-electron chi connectivity index (χ1n) is 8.87. The Balaban J connectivity index is 1.47. The summed E-state index contributed by atoms with van der Waals surface area (Å²) in [4.78, 5) is 3.11. The van der Waals surface area contributed by atoms with Crippen molar-refractivity contribution >= 4 is 40.4 Å². The Bertz CT molecular complexity index is 745. The molecule has 1 heterocycles. The molecule has 2 aromatic rings. The van der Waals surface area contributed by atoms with Crippen LogP contribution in [0, 0.1) is 0 Å². The normalized spacial score (nSPS) is 14.7. The zero-order chi connectivity index (χ0) is 19.1. The maximum atomic E-state index is 6.17. The van der Waals surface area contributed by atoms with E-state index in [1.165, 1.54) is 0 Å². The summed E-state index contributed by atoms with van der Waals surface area (Å²) in [5.74, 6) is 0.742. The number of rotatable bonds is 7. The van der Waals surface area contributed by atoms with Crippen LogP contribution in [0.2, 0.25) is 10.0 Å². The third-order valence-electron chi connectivity index (χ3n) is 4.38. The van der Waals surface area contributed by atoms with Crippen LogP contribution in [-0.4, -0.2) is 49.3 Å². The molecule has 27 heavy (non-hydrogen) atoms. The van der Waals surface area contributed by atoms with E-state index < -0.39 is 0 Å². The highest BCUT2D eigenvalue weighted by Crippen LogP contribution is 2.26. The molecular weight excluding hydrogens is 403 g/mol. The Morgan fingerprint density at radius 1 is 1.07 bits per heavy atom. The molecule has 0 saturated carbocycles. The van der Waals surface area contributed by atoms with Gasteiger partial charge in [0.15, 0.2) is 0 Å². The molecule has 0 radical (unpaired) electrons. The van der Waals surface area contributed by atoms with Gasteiger partial charge in [-0.2, -0.15) is 0 Å². The number of ether oxygens (including phenoxy) is 2. The van der Waals surface area contributed by atoms with E-state index in [1.807, 2.05) is 30.3 Å². The van der Waals surface area contributed by atoms with Crippen LogP contribution in [0.1, 0.15) is 11.1 Å². The third-order valence-corrected chi connectivity index (χ3v) is 5.47. The van der Waals surface area contributed by atoms with Gasteiger partial charge in [0.25, 0.3) is 0 Å². The number of nitrogens with one attached hydrogen (secondary N) is 1. The summed E-state index contributed by atoms with van der Waals surface area (Å²) in [6.07, 6.45) is 0. The van der Waals surface area contributed by atoms with Crippen LogP contribution < -0.4 is 10.1 Å². The molecule has 0 spiro atoms. The number of morpholine rings is 1. The van der Waals surface area contributed by atoms with E-state index in [0.29, 0.717) is 16.7 Å². The first-order valence-corrected chi connectivity index (χ1v) is 10.0. The summed E-state index contributed by atoms with van der Waals surface area (Å²) in [6.45, 7) is 5.69. The number of hydrogen-bond acceptors (Lipinski definition) is 4. The first-order chi connectivity index (χ1) is 13.1. The van der Waals surface area contributed by atoms with Gasteiger partial charge in [-0.15, -0.1) is 0 Å². The number of nitrogens with zero attached hydrogens (tertiary/aromatic N) is 1. The second kappa shape index (κ2) is 10.2. The molecule has 0 atom stereocenters. The van der Waals surface area contributed by atoms with E-state index in [1.54, 1.807) is 12.1 Å². The second-order valence-corrected chi connectivity index (χ2v) is 7.45. The fourth-order valence-electron chi connectivity index (χ4n) is 2.78. The molecule has 1 fully saturated rings. The van der Waals surface area contributed by atoms with Crippen molar-refractivity contribution in [3.05, 3.63) is 63.6 Å². The lowest BCUT2D eigenvalue weighted by atomic mass is 10.2. The maximum Gasteiger partial charge on any atom is 0.119 e. The van der Waals surface area contributed by atoms with E-state index >= 15 is 0 Å². The van der Waals surface area contributed by atoms with Crippen molar-refractivity contribution < 1.29 is 9.47 Å². The smallest absolute Gasteiger partial charge is 0.119 e. The number of thiocarbonyl (C=S) groups is 1. The minimum Gasteiger partial charge on any atom is -0.489 e. The van der Waals surface area contributed by atoms with Gasteiger partial charge in [0.05, 0.1) is 13.2 Å². The minimum atomic E-state index is 0.320. The molecule has 0 aromatic heterocycles. The number of benzene rings is 2. The molecule has 1 saturated heterocycles. The van der Waals surface area contributed by atoms with Gasteiger partial charge >= 0.3 is 0 Å². The van der Waals surface area contributed by atoms with Crippen LogP contribution in [0.4, 0.5) is 0 Å². The topological polar surface area (TPSA) is 33.7 Å². The molecule has 144 valence electrons. The van der Waals surface area contributed by atoms with E-state index in [4.69, 9.17) is 44.9 Å². The van der Waals surface area contributed by atoms with Gasteiger partial charge in [-0.25, -0.2) is 0 Å². The van der Waals surface area contributed by atoms with E-state index in [0.717, 1.165) is 61.3 Å². The van der Waals surface area contributed by atoms with Crippen molar-refractivity contribution in [1.82, 2.24) is 10.2 Å². The van der Waals surface area contributed by atoms with E-state index in [2.05, 4.69) is 10.2 Å². The van der Waals surface area contributed by atoms with Crippen LogP contribution >= 0.6 is 35.4 Å². The van der Waals surface area contributed by atoms with Crippen LogP contribution in [0.25, 0.3) is 0 Å². The molecule has 0 bridgehead atoms. The highest BCUT2D eigenvalue weighted by atomic mass is 35.5. The molecule has 0 amide bonds. The van der Waals surface area contributed by atoms with Crippen molar-refractivity contribution in [1.29, 1.82) is 0 Å². The fourth-order valence-corrected chi connectivity index (χ4v) is 3.53. The largest absolute Gasteiger partial charge is 0.489 e. The SMILES string of the molecule is S=C(NCCN1CCOCC1)c1ccc(OCc2c(Cl)cccc2Cl)cc1. The van der Waals surface area contributed by atoms with Crippen molar-refractivity contribution in [2.24, 2.45) is 0 Å². The van der Waals surface area contributed by atoms with Gasteiger partial charge in [0.1, 0.15) is 17.3 Å². The maximum absolute atomic E-state index is 6.17. The van der Waals surface area contributed by atoms with Crippen LogP contribution in [0.5, 0.6) is 5.75 Å². The summed E-state index contributed by atoms with van der Waals surface area (Å²) in [5.41, 5.74) is 1.75. The Kier molecular flexibility index (Phi) is 7.73. The average Bonchev–Trinajstić information content (AvgIpc) is 2.69. The van der Waals surface area contributed by atoms with E-state index in [9.17, 15) is 0 Å². The molecule has 0 aliphatic carbocycles. The predicted octanol–water partition coefficient (Wildman–Crippen LogP) is 4.17. The Morgan fingerprint density at radius 3 is 2.41 bits per heavy atom. The van der Waals surface area contributed by atoms with Crippen LogP contribution in [0.3, 0.4) is 0 Å². The molecule has 1 aliphatic rings. The molecule has 4 nitrogen and oxygen atoms in total. The lowest BCUT2D eigenvalue weighted by molar-refractivity contribution is 0.0389. The quantitative estimate of drug-likeness (QED) is 0.674. The summed E-state index contributed by atoms with van der Waals surface area (Å²) >= 11 is 17.8.